The van der Waals surface area contributed by atoms with Gasteiger partial charge in [0, 0.05) is 11.3 Å². The lowest BCUT2D eigenvalue weighted by atomic mass is 10.1. The van der Waals surface area contributed by atoms with Crippen molar-refractivity contribution in [1.29, 1.82) is 0 Å². The molecule has 0 aliphatic heterocycles. The molecule has 2 rings (SSSR count). The number of aromatic amines is 1. The van der Waals surface area contributed by atoms with E-state index in [1.165, 1.54) is 0 Å². The van der Waals surface area contributed by atoms with Gasteiger partial charge in [0.05, 0.1) is 5.52 Å². The summed E-state index contributed by atoms with van der Waals surface area (Å²) in [6.45, 7) is 0. The van der Waals surface area contributed by atoms with Crippen LogP contribution in [0.1, 0.15) is 5.56 Å². The first-order valence-corrected chi connectivity index (χ1v) is 4.14. The van der Waals surface area contributed by atoms with Crippen LogP contribution >= 0.6 is 11.6 Å². The summed E-state index contributed by atoms with van der Waals surface area (Å²) in [6.07, 6.45) is 0. The largest absolute Gasteiger partial charge is 0.382 e. The summed E-state index contributed by atoms with van der Waals surface area (Å²) in [7, 11) is 0. The van der Waals surface area contributed by atoms with E-state index in [1.807, 2.05) is 18.2 Å². The summed E-state index contributed by atoms with van der Waals surface area (Å²) in [5.74, 6) is 0.974. The number of hydrogen-bond acceptors (Lipinski definition) is 2. The Balaban J connectivity index is 2.84. The Morgan fingerprint density at radius 1 is 1.50 bits per heavy atom. The van der Waals surface area contributed by atoms with Crippen molar-refractivity contribution < 1.29 is 0 Å². The van der Waals surface area contributed by atoms with Crippen molar-refractivity contribution in [2.24, 2.45) is 0 Å². The van der Waals surface area contributed by atoms with Crippen LogP contribution in [0.5, 0.6) is 0 Å². The molecule has 1 heterocycles. The van der Waals surface area contributed by atoms with Crippen molar-refractivity contribution in [2.75, 3.05) is 5.73 Å². The zero-order valence-corrected chi connectivity index (χ0v) is 7.10. The lowest BCUT2D eigenvalue weighted by Gasteiger charge is -1.96. The maximum atomic E-state index is 5.74. The number of nitrogens with two attached hydrogens (primary N) is 1. The number of nitrogens with one attached hydrogen (secondary N) is 1. The Morgan fingerprint density at radius 2 is 2.33 bits per heavy atom. The maximum absolute atomic E-state index is 5.74. The van der Waals surface area contributed by atoms with Gasteiger partial charge in [0.25, 0.3) is 0 Å². The highest BCUT2D eigenvalue weighted by Crippen LogP contribution is 2.23. The number of benzene rings is 1. The summed E-state index contributed by atoms with van der Waals surface area (Å²) in [5.41, 5.74) is 7.60. The van der Waals surface area contributed by atoms with Gasteiger partial charge in [0.15, 0.2) is 5.82 Å². The third kappa shape index (κ3) is 0.940. The average Bonchev–Trinajstić information content (AvgIpc) is 2.48. The Hall–Kier alpha value is -1.22. The zero-order chi connectivity index (χ0) is 8.55. The number of nitrogens with zero attached hydrogens (tertiary/aromatic N) is 1. The summed E-state index contributed by atoms with van der Waals surface area (Å²) >= 11 is 5.74. The van der Waals surface area contributed by atoms with Gasteiger partial charge < -0.3 is 5.73 Å². The summed E-state index contributed by atoms with van der Waals surface area (Å²) < 4.78 is 0. The van der Waals surface area contributed by atoms with Crippen LogP contribution in [-0.4, -0.2) is 10.2 Å². The fraction of sp³-hybridized carbons (Fsp3) is 0.125. The lowest BCUT2D eigenvalue weighted by molar-refractivity contribution is 1.13. The van der Waals surface area contributed by atoms with Gasteiger partial charge in [-0.3, -0.25) is 5.10 Å². The molecule has 62 valence electrons. The summed E-state index contributed by atoms with van der Waals surface area (Å²) in [5, 5.41) is 7.66. The summed E-state index contributed by atoms with van der Waals surface area (Å²) in [6, 6.07) is 5.80. The molecule has 12 heavy (non-hydrogen) atoms. The fourth-order valence-electron chi connectivity index (χ4n) is 1.28. The van der Waals surface area contributed by atoms with Crippen LogP contribution in [0.2, 0.25) is 0 Å². The van der Waals surface area contributed by atoms with E-state index in [2.05, 4.69) is 10.2 Å². The molecular weight excluding hydrogens is 174 g/mol. The van der Waals surface area contributed by atoms with Crippen molar-refractivity contribution >= 4 is 28.3 Å². The second kappa shape index (κ2) is 2.68. The van der Waals surface area contributed by atoms with Gasteiger partial charge in [-0.05, 0) is 11.6 Å². The van der Waals surface area contributed by atoms with Crippen LogP contribution in [0.4, 0.5) is 5.82 Å². The third-order valence-electron chi connectivity index (χ3n) is 1.85. The number of halogens is 1. The molecule has 0 bridgehead atoms. The molecule has 0 saturated heterocycles. The standard InChI is InChI=1S/C8H8ClN3/c9-4-5-2-1-3-6-7(5)8(10)12-11-6/h1-3H,4H2,(H3,10,11,12). The highest BCUT2D eigenvalue weighted by molar-refractivity contribution is 6.18. The van der Waals surface area contributed by atoms with Gasteiger partial charge >= 0.3 is 0 Å². The molecule has 0 amide bonds. The highest BCUT2D eigenvalue weighted by Gasteiger charge is 2.05. The predicted octanol–water partition coefficient (Wildman–Crippen LogP) is 1.88. The number of aromatic nitrogens is 2. The van der Waals surface area contributed by atoms with Gasteiger partial charge in [-0.1, -0.05) is 12.1 Å². The topological polar surface area (TPSA) is 54.7 Å². The van der Waals surface area contributed by atoms with Crippen LogP contribution in [0.25, 0.3) is 10.9 Å². The Bertz CT molecular complexity index is 408. The summed E-state index contributed by atoms with van der Waals surface area (Å²) in [4.78, 5) is 0. The molecule has 0 saturated carbocycles. The molecule has 3 N–H and O–H groups in total. The molecule has 0 aliphatic carbocycles. The predicted molar refractivity (Wildman–Crippen MR) is 50.1 cm³/mol. The van der Waals surface area contributed by atoms with Gasteiger partial charge in [-0.2, -0.15) is 5.10 Å². The van der Waals surface area contributed by atoms with E-state index < -0.39 is 0 Å². The van der Waals surface area contributed by atoms with Crippen LogP contribution in [0.15, 0.2) is 18.2 Å². The first-order valence-electron chi connectivity index (χ1n) is 3.60. The minimum absolute atomic E-state index is 0.459. The van der Waals surface area contributed by atoms with Crippen molar-refractivity contribution in [3.05, 3.63) is 23.8 Å². The van der Waals surface area contributed by atoms with E-state index in [9.17, 15) is 0 Å². The van der Waals surface area contributed by atoms with E-state index in [-0.39, 0.29) is 0 Å². The molecule has 4 heteroatoms. The van der Waals surface area contributed by atoms with E-state index >= 15 is 0 Å². The fourth-order valence-corrected chi connectivity index (χ4v) is 1.51. The van der Waals surface area contributed by atoms with E-state index in [1.54, 1.807) is 0 Å². The number of nitrogen functional groups attached to an aromatic ring is 1. The van der Waals surface area contributed by atoms with Gasteiger partial charge in [-0.15, -0.1) is 11.6 Å². The van der Waals surface area contributed by atoms with E-state index in [0.717, 1.165) is 16.5 Å². The third-order valence-corrected chi connectivity index (χ3v) is 2.14. The SMILES string of the molecule is Nc1n[nH]c2cccc(CCl)c12. The van der Waals surface area contributed by atoms with Crippen molar-refractivity contribution in [3.8, 4) is 0 Å². The van der Waals surface area contributed by atoms with Gasteiger partial charge in [0.1, 0.15) is 0 Å². The molecular formula is C8H8ClN3. The van der Waals surface area contributed by atoms with Gasteiger partial charge in [-0.25, -0.2) is 0 Å². The second-order valence-corrected chi connectivity index (χ2v) is 2.85. The normalized spacial score (nSPS) is 10.8. The minimum atomic E-state index is 0.459. The number of fused-ring (bicyclic) bond motifs is 1. The lowest BCUT2D eigenvalue weighted by Crippen LogP contribution is -1.87. The van der Waals surface area contributed by atoms with Crippen LogP contribution < -0.4 is 5.73 Å². The smallest absolute Gasteiger partial charge is 0.153 e. The van der Waals surface area contributed by atoms with Crippen molar-refractivity contribution in [2.45, 2.75) is 5.88 Å². The number of alkyl halides is 1. The van der Waals surface area contributed by atoms with Crippen LogP contribution in [0.3, 0.4) is 0 Å². The first-order chi connectivity index (χ1) is 5.83. The molecule has 1 aromatic carbocycles. The maximum Gasteiger partial charge on any atom is 0.153 e. The van der Waals surface area contributed by atoms with Gasteiger partial charge in [0.2, 0.25) is 0 Å². The molecule has 3 nitrogen and oxygen atoms in total. The average molecular weight is 182 g/mol. The quantitative estimate of drug-likeness (QED) is 0.660. The number of H-pyrrole nitrogens is 1. The molecule has 0 fully saturated rings. The zero-order valence-electron chi connectivity index (χ0n) is 6.34. The number of hydrogen-bond donors (Lipinski definition) is 2. The molecule has 0 atom stereocenters. The molecule has 2 aromatic rings. The van der Waals surface area contributed by atoms with Crippen LogP contribution in [0, 0.1) is 0 Å². The number of rotatable bonds is 1. The molecule has 0 unspecified atom stereocenters. The molecule has 0 aliphatic rings. The molecule has 0 radical (unpaired) electrons. The van der Waals surface area contributed by atoms with E-state index in [0.29, 0.717) is 11.7 Å². The van der Waals surface area contributed by atoms with Crippen molar-refractivity contribution in [1.82, 2.24) is 10.2 Å². The Kier molecular flexibility index (Phi) is 1.66. The first kappa shape index (κ1) is 7.43. The monoisotopic (exact) mass is 181 g/mol. The second-order valence-electron chi connectivity index (χ2n) is 2.58. The highest BCUT2D eigenvalue weighted by atomic mass is 35.5. The molecule has 0 spiro atoms. The van der Waals surface area contributed by atoms with Crippen LogP contribution in [-0.2, 0) is 5.88 Å². The molecule has 1 aromatic heterocycles. The Morgan fingerprint density at radius 3 is 3.08 bits per heavy atom. The van der Waals surface area contributed by atoms with E-state index in [4.69, 9.17) is 17.3 Å². The van der Waals surface area contributed by atoms with Crippen molar-refractivity contribution in [3.63, 3.8) is 0 Å². The number of anilines is 1. The minimum Gasteiger partial charge on any atom is -0.382 e. The Labute approximate surface area is 74.5 Å².